The van der Waals surface area contributed by atoms with Gasteiger partial charge in [-0.15, -0.1) is 0 Å². The SMILES string of the molecule is CCc1c(C(N)=O)ccc(N2C=C(C(=O)O)C(c3ccc(F)cc3)CC2=O)c1OC. The number of ether oxygens (including phenoxy) is 1. The van der Waals surface area contributed by atoms with Crippen LogP contribution in [0.3, 0.4) is 0 Å². The Morgan fingerprint density at radius 1 is 1.23 bits per heavy atom. The first-order chi connectivity index (χ1) is 14.3. The van der Waals surface area contributed by atoms with Crippen LogP contribution in [0.25, 0.3) is 0 Å². The van der Waals surface area contributed by atoms with Crippen molar-refractivity contribution < 1.29 is 28.6 Å². The molecule has 0 bridgehead atoms. The largest absolute Gasteiger partial charge is 0.494 e. The van der Waals surface area contributed by atoms with Crippen LogP contribution in [0.15, 0.2) is 48.2 Å². The number of rotatable bonds is 6. The Morgan fingerprint density at radius 3 is 2.43 bits per heavy atom. The van der Waals surface area contributed by atoms with Gasteiger partial charge < -0.3 is 15.6 Å². The van der Waals surface area contributed by atoms with Crippen molar-refractivity contribution in [1.82, 2.24) is 0 Å². The number of nitrogens with zero attached hydrogens (tertiary/aromatic N) is 1. The zero-order valence-electron chi connectivity index (χ0n) is 16.5. The van der Waals surface area contributed by atoms with Crippen molar-refractivity contribution in [1.29, 1.82) is 0 Å². The van der Waals surface area contributed by atoms with Crippen LogP contribution in [0.1, 0.15) is 40.7 Å². The van der Waals surface area contributed by atoms with Crippen molar-refractivity contribution in [2.45, 2.75) is 25.7 Å². The van der Waals surface area contributed by atoms with Crippen LogP contribution >= 0.6 is 0 Å². The second kappa shape index (κ2) is 8.36. The Bertz CT molecular complexity index is 1050. The lowest BCUT2D eigenvalue weighted by Crippen LogP contribution is -2.34. The number of hydrogen-bond donors (Lipinski definition) is 2. The van der Waals surface area contributed by atoms with E-state index in [0.29, 0.717) is 23.2 Å². The zero-order valence-corrected chi connectivity index (χ0v) is 16.5. The highest BCUT2D eigenvalue weighted by Crippen LogP contribution is 2.40. The number of halogens is 1. The minimum atomic E-state index is -1.19. The van der Waals surface area contributed by atoms with Gasteiger partial charge in [-0.1, -0.05) is 19.1 Å². The lowest BCUT2D eigenvalue weighted by molar-refractivity contribution is -0.133. The highest BCUT2D eigenvalue weighted by molar-refractivity contribution is 6.04. The molecule has 0 fully saturated rings. The number of hydrogen-bond acceptors (Lipinski definition) is 4. The molecule has 1 aliphatic rings. The van der Waals surface area contributed by atoms with Crippen LogP contribution in [0.4, 0.5) is 10.1 Å². The van der Waals surface area contributed by atoms with Crippen LogP contribution in [0.2, 0.25) is 0 Å². The number of aliphatic carboxylic acids is 1. The van der Waals surface area contributed by atoms with E-state index < -0.39 is 23.6 Å². The quantitative estimate of drug-likeness (QED) is 0.758. The Labute approximate surface area is 172 Å². The average molecular weight is 412 g/mol. The van der Waals surface area contributed by atoms with E-state index in [-0.39, 0.29) is 29.2 Å². The summed E-state index contributed by atoms with van der Waals surface area (Å²) in [7, 11) is 1.40. The number of primary amides is 1. The van der Waals surface area contributed by atoms with E-state index in [2.05, 4.69) is 0 Å². The number of benzene rings is 2. The van der Waals surface area contributed by atoms with E-state index in [4.69, 9.17) is 10.5 Å². The number of carbonyl (C=O) groups excluding carboxylic acids is 2. The molecule has 0 saturated heterocycles. The Kier molecular flexibility index (Phi) is 5.86. The number of anilines is 1. The summed E-state index contributed by atoms with van der Waals surface area (Å²) >= 11 is 0. The van der Waals surface area contributed by atoms with Crippen LogP contribution in [0.5, 0.6) is 5.75 Å². The molecule has 1 atom stereocenters. The normalized spacial score (nSPS) is 16.2. The summed E-state index contributed by atoms with van der Waals surface area (Å²) < 4.78 is 18.7. The van der Waals surface area contributed by atoms with E-state index in [1.807, 2.05) is 6.92 Å². The lowest BCUT2D eigenvalue weighted by atomic mass is 9.85. The minimum absolute atomic E-state index is 0.0136. The fourth-order valence-electron chi connectivity index (χ4n) is 3.70. The van der Waals surface area contributed by atoms with Gasteiger partial charge in [0.2, 0.25) is 11.8 Å². The van der Waals surface area contributed by atoms with E-state index in [0.717, 1.165) is 0 Å². The molecule has 1 aliphatic heterocycles. The molecule has 0 saturated carbocycles. The smallest absolute Gasteiger partial charge is 0.333 e. The predicted molar refractivity (Wildman–Crippen MR) is 108 cm³/mol. The van der Waals surface area contributed by atoms with E-state index in [9.17, 15) is 23.9 Å². The molecule has 3 rings (SSSR count). The predicted octanol–water partition coefficient (Wildman–Crippen LogP) is 2.98. The van der Waals surface area contributed by atoms with Crippen LogP contribution in [0, 0.1) is 5.82 Å². The first kappa shape index (κ1) is 21.0. The molecule has 2 aromatic rings. The molecule has 30 heavy (non-hydrogen) atoms. The van der Waals surface area contributed by atoms with Crippen LogP contribution in [-0.2, 0) is 16.0 Å². The number of nitrogens with two attached hydrogens (primary N) is 1. The highest BCUT2D eigenvalue weighted by Gasteiger charge is 2.34. The van der Waals surface area contributed by atoms with Gasteiger partial charge in [-0.25, -0.2) is 9.18 Å². The van der Waals surface area contributed by atoms with E-state index in [1.165, 1.54) is 54.6 Å². The highest BCUT2D eigenvalue weighted by atomic mass is 19.1. The summed E-state index contributed by atoms with van der Waals surface area (Å²) in [5, 5.41) is 9.75. The molecule has 3 N–H and O–H groups in total. The lowest BCUT2D eigenvalue weighted by Gasteiger charge is -2.31. The first-order valence-corrected chi connectivity index (χ1v) is 9.30. The van der Waals surface area contributed by atoms with Crippen molar-refractivity contribution in [3.63, 3.8) is 0 Å². The van der Waals surface area contributed by atoms with Gasteiger partial charge in [0.15, 0.2) is 0 Å². The Balaban J connectivity index is 2.13. The van der Waals surface area contributed by atoms with E-state index >= 15 is 0 Å². The van der Waals surface area contributed by atoms with Crippen molar-refractivity contribution in [2.75, 3.05) is 12.0 Å². The van der Waals surface area contributed by atoms with Crippen LogP contribution < -0.4 is 15.4 Å². The van der Waals surface area contributed by atoms with Gasteiger partial charge in [0, 0.05) is 29.7 Å². The fourth-order valence-corrected chi connectivity index (χ4v) is 3.70. The van der Waals surface area contributed by atoms with Crippen molar-refractivity contribution in [2.24, 2.45) is 5.73 Å². The number of methoxy groups -OCH3 is 1. The molecule has 1 unspecified atom stereocenters. The van der Waals surface area contributed by atoms with Gasteiger partial charge in [0.25, 0.3) is 0 Å². The zero-order chi connectivity index (χ0) is 22.0. The van der Waals surface area contributed by atoms with Gasteiger partial charge >= 0.3 is 5.97 Å². The average Bonchev–Trinajstić information content (AvgIpc) is 2.72. The molecule has 2 aromatic carbocycles. The summed E-state index contributed by atoms with van der Waals surface area (Å²) in [6, 6.07) is 8.39. The number of carbonyl (C=O) groups is 3. The molecule has 0 aliphatic carbocycles. The molecular formula is C22H21FN2O5. The first-order valence-electron chi connectivity index (χ1n) is 9.30. The summed E-state index contributed by atoms with van der Waals surface area (Å²) in [4.78, 5) is 37.9. The molecule has 0 radical (unpaired) electrons. The maximum Gasteiger partial charge on any atom is 0.333 e. The molecule has 156 valence electrons. The monoisotopic (exact) mass is 412 g/mol. The van der Waals surface area contributed by atoms with Gasteiger partial charge in [0.1, 0.15) is 11.6 Å². The molecule has 8 heteroatoms. The van der Waals surface area contributed by atoms with Crippen molar-refractivity contribution in [3.05, 3.63) is 70.7 Å². The van der Waals surface area contributed by atoms with Gasteiger partial charge in [-0.3, -0.25) is 14.5 Å². The maximum absolute atomic E-state index is 13.3. The van der Waals surface area contributed by atoms with Gasteiger partial charge in [-0.05, 0) is 36.2 Å². The molecule has 7 nitrogen and oxygen atoms in total. The van der Waals surface area contributed by atoms with Crippen molar-refractivity contribution >= 4 is 23.5 Å². The number of carboxylic acids is 1. The second-order valence-electron chi connectivity index (χ2n) is 6.82. The van der Waals surface area contributed by atoms with Gasteiger partial charge in [0.05, 0.1) is 18.4 Å². The summed E-state index contributed by atoms with van der Waals surface area (Å²) in [5.74, 6) is -3.06. The second-order valence-corrected chi connectivity index (χ2v) is 6.82. The third-order valence-electron chi connectivity index (χ3n) is 5.13. The standard InChI is InChI=1S/C22H21FN2O5/c1-3-14-15(21(24)27)8-9-18(20(14)30-2)25-11-17(22(28)29)16(10-19(25)26)12-4-6-13(23)7-5-12/h4-9,11,16H,3,10H2,1-2H3,(H2,24,27)(H,28,29). The van der Waals surface area contributed by atoms with Crippen molar-refractivity contribution in [3.8, 4) is 5.75 Å². The Hall–Kier alpha value is -3.68. The molecule has 2 amide bonds. The number of carboxylic acid groups (broad SMARTS) is 1. The fraction of sp³-hybridized carbons (Fsp3) is 0.227. The summed E-state index contributed by atoms with van der Waals surface area (Å²) in [6.45, 7) is 1.81. The Morgan fingerprint density at radius 2 is 1.90 bits per heavy atom. The van der Waals surface area contributed by atoms with E-state index in [1.54, 1.807) is 0 Å². The topological polar surface area (TPSA) is 110 Å². The van der Waals surface area contributed by atoms with Crippen LogP contribution in [-0.4, -0.2) is 30.0 Å². The summed E-state index contributed by atoms with van der Waals surface area (Å²) in [6.07, 6.45) is 1.56. The molecule has 1 heterocycles. The summed E-state index contributed by atoms with van der Waals surface area (Å²) in [5.41, 5.74) is 7.07. The molecule has 0 aromatic heterocycles. The maximum atomic E-state index is 13.3. The molecular weight excluding hydrogens is 391 g/mol. The number of amides is 2. The van der Waals surface area contributed by atoms with Gasteiger partial charge in [-0.2, -0.15) is 0 Å². The third kappa shape index (κ3) is 3.76. The molecule has 0 spiro atoms. The third-order valence-corrected chi connectivity index (χ3v) is 5.13. The minimum Gasteiger partial charge on any atom is -0.494 e.